The minimum Gasteiger partial charge on any atom is -0.478 e. The van der Waals surface area contributed by atoms with Crippen LogP contribution in [0.1, 0.15) is 21.5 Å². The summed E-state index contributed by atoms with van der Waals surface area (Å²) in [4.78, 5) is 13.8. The molecular formula is C19H22N2O2. The van der Waals surface area contributed by atoms with Crippen LogP contribution in [0.3, 0.4) is 0 Å². The van der Waals surface area contributed by atoms with Crippen molar-refractivity contribution in [2.45, 2.75) is 19.0 Å². The van der Waals surface area contributed by atoms with Crippen molar-refractivity contribution in [1.29, 1.82) is 0 Å². The Labute approximate surface area is 136 Å². The lowest BCUT2D eigenvalue weighted by molar-refractivity contribution is 0.0692. The topological polar surface area (TPSA) is 52.6 Å². The molecule has 2 aromatic carbocycles. The predicted octanol–water partition coefficient (Wildman–Crippen LogP) is 2.40. The lowest BCUT2D eigenvalue weighted by Crippen LogP contribution is -2.51. The van der Waals surface area contributed by atoms with Gasteiger partial charge in [0.25, 0.3) is 0 Å². The molecule has 1 atom stereocenters. The zero-order valence-corrected chi connectivity index (χ0v) is 13.1. The first-order valence-corrected chi connectivity index (χ1v) is 8.04. The number of hydrogen-bond acceptors (Lipinski definition) is 3. The SMILES string of the molecule is O=C(O)c1ccccc1CN1CCNC[C@H]1Cc1ccccc1. The van der Waals surface area contributed by atoms with Gasteiger partial charge in [-0.2, -0.15) is 0 Å². The van der Waals surface area contributed by atoms with Crippen LogP contribution in [0.4, 0.5) is 0 Å². The predicted molar refractivity (Wildman–Crippen MR) is 90.6 cm³/mol. The van der Waals surface area contributed by atoms with E-state index in [1.54, 1.807) is 12.1 Å². The van der Waals surface area contributed by atoms with E-state index in [4.69, 9.17) is 0 Å². The molecule has 2 N–H and O–H groups in total. The fourth-order valence-electron chi connectivity index (χ4n) is 3.18. The Balaban J connectivity index is 1.76. The lowest BCUT2D eigenvalue weighted by Gasteiger charge is -2.36. The molecule has 1 heterocycles. The summed E-state index contributed by atoms with van der Waals surface area (Å²) in [5.41, 5.74) is 2.61. The second kappa shape index (κ2) is 7.40. The maximum atomic E-state index is 11.4. The summed E-state index contributed by atoms with van der Waals surface area (Å²) < 4.78 is 0. The molecule has 1 saturated heterocycles. The van der Waals surface area contributed by atoms with Crippen LogP contribution in [-0.2, 0) is 13.0 Å². The first kappa shape index (κ1) is 15.7. The van der Waals surface area contributed by atoms with Crippen LogP contribution >= 0.6 is 0 Å². The van der Waals surface area contributed by atoms with E-state index in [9.17, 15) is 9.90 Å². The Morgan fingerprint density at radius 3 is 2.65 bits per heavy atom. The van der Waals surface area contributed by atoms with Crippen LogP contribution in [0.2, 0.25) is 0 Å². The van der Waals surface area contributed by atoms with Crippen LogP contribution in [0.15, 0.2) is 54.6 Å². The largest absolute Gasteiger partial charge is 0.478 e. The van der Waals surface area contributed by atoms with E-state index in [0.717, 1.165) is 31.6 Å². The normalized spacial score (nSPS) is 18.7. The molecule has 4 heteroatoms. The molecule has 0 bridgehead atoms. The molecule has 0 aromatic heterocycles. The van der Waals surface area contributed by atoms with E-state index in [1.807, 2.05) is 18.2 Å². The van der Waals surface area contributed by atoms with Crippen LogP contribution in [0.5, 0.6) is 0 Å². The number of piperazine rings is 1. The van der Waals surface area contributed by atoms with E-state index in [1.165, 1.54) is 5.56 Å². The van der Waals surface area contributed by atoms with Crippen molar-refractivity contribution in [3.63, 3.8) is 0 Å². The number of hydrogen-bond donors (Lipinski definition) is 2. The third kappa shape index (κ3) is 3.97. The summed E-state index contributed by atoms with van der Waals surface area (Å²) in [6.45, 7) is 3.50. The highest BCUT2D eigenvalue weighted by Gasteiger charge is 2.23. The summed E-state index contributed by atoms with van der Waals surface area (Å²) in [6, 6.07) is 18.2. The van der Waals surface area contributed by atoms with E-state index in [2.05, 4.69) is 34.5 Å². The van der Waals surface area contributed by atoms with Gasteiger partial charge in [0.15, 0.2) is 0 Å². The Morgan fingerprint density at radius 1 is 1.13 bits per heavy atom. The van der Waals surface area contributed by atoms with Crippen molar-refractivity contribution >= 4 is 5.97 Å². The Bertz CT molecular complexity index is 657. The van der Waals surface area contributed by atoms with Crippen LogP contribution in [-0.4, -0.2) is 41.7 Å². The summed E-state index contributed by atoms with van der Waals surface area (Å²) in [6.07, 6.45) is 0.975. The number of aromatic carboxylic acids is 1. The molecule has 1 aliphatic rings. The number of carboxylic acids is 1. The van der Waals surface area contributed by atoms with E-state index >= 15 is 0 Å². The Morgan fingerprint density at radius 2 is 1.87 bits per heavy atom. The van der Waals surface area contributed by atoms with Crippen molar-refractivity contribution in [3.8, 4) is 0 Å². The van der Waals surface area contributed by atoms with Gasteiger partial charge in [0.05, 0.1) is 5.56 Å². The highest BCUT2D eigenvalue weighted by Crippen LogP contribution is 2.17. The van der Waals surface area contributed by atoms with Gasteiger partial charge in [-0.3, -0.25) is 4.90 Å². The number of nitrogens with one attached hydrogen (secondary N) is 1. The molecular weight excluding hydrogens is 288 g/mol. The standard InChI is InChI=1S/C19H22N2O2/c22-19(23)18-9-5-4-8-16(18)14-21-11-10-20-13-17(21)12-15-6-2-1-3-7-15/h1-9,17,20H,10-14H2,(H,22,23)/t17-/m1/s1. The smallest absolute Gasteiger partial charge is 0.336 e. The molecule has 4 nitrogen and oxygen atoms in total. The number of benzene rings is 2. The van der Waals surface area contributed by atoms with Crippen molar-refractivity contribution in [2.24, 2.45) is 0 Å². The fourth-order valence-corrected chi connectivity index (χ4v) is 3.18. The minimum absolute atomic E-state index is 0.382. The average Bonchev–Trinajstić information content (AvgIpc) is 2.58. The van der Waals surface area contributed by atoms with Gasteiger partial charge in [-0.15, -0.1) is 0 Å². The van der Waals surface area contributed by atoms with Crippen molar-refractivity contribution in [2.75, 3.05) is 19.6 Å². The second-order valence-corrected chi connectivity index (χ2v) is 5.98. The van der Waals surface area contributed by atoms with E-state index in [0.29, 0.717) is 18.2 Å². The number of carboxylic acid groups (broad SMARTS) is 1. The number of rotatable bonds is 5. The summed E-state index contributed by atoms with van der Waals surface area (Å²) in [7, 11) is 0. The monoisotopic (exact) mass is 310 g/mol. The highest BCUT2D eigenvalue weighted by atomic mass is 16.4. The molecule has 1 aliphatic heterocycles. The Hall–Kier alpha value is -2.17. The molecule has 0 spiro atoms. The van der Waals surface area contributed by atoms with Crippen LogP contribution in [0.25, 0.3) is 0 Å². The van der Waals surface area contributed by atoms with Crippen molar-refractivity contribution in [3.05, 3.63) is 71.3 Å². The molecule has 23 heavy (non-hydrogen) atoms. The third-order valence-corrected chi connectivity index (χ3v) is 4.41. The zero-order valence-electron chi connectivity index (χ0n) is 13.1. The van der Waals surface area contributed by atoms with Gasteiger partial charge in [0.1, 0.15) is 0 Å². The number of nitrogens with zero attached hydrogens (tertiary/aromatic N) is 1. The second-order valence-electron chi connectivity index (χ2n) is 5.98. The van der Waals surface area contributed by atoms with Gasteiger partial charge in [-0.1, -0.05) is 48.5 Å². The first-order valence-electron chi connectivity index (χ1n) is 8.04. The summed E-state index contributed by atoms with van der Waals surface area (Å²) in [5.74, 6) is -0.852. The molecule has 0 unspecified atom stereocenters. The van der Waals surface area contributed by atoms with Crippen LogP contribution < -0.4 is 5.32 Å². The Kier molecular flexibility index (Phi) is 5.05. The molecule has 0 radical (unpaired) electrons. The van der Waals surface area contributed by atoms with Gasteiger partial charge in [-0.05, 0) is 23.6 Å². The third-order valence-electron chi connectivity index (χ3n) is 4.41. The molecule has 0 amide bonds. The van der Waals surface area contributed by atoms with Gasteiger partial charge in [0, 0.05) is 32.2 Å². The van der Waals surface area contributed by atoms with Gasteiger partial charge < -0.3 is 10.4 Å². The van der Waals surface area contributed by atoms with Gasteiger partial charge in [-0.25, -0.2) is 4.79 Å². The minimum atomic E-state index is -0.852. The molecule has 3 rings (SSSR count). The maximum absolute atomic E-state index is 11.4. The lowest BCUT2D eigenvalue weighted by atomic mass is 10.0. The molecule has 2 aromatic rings. The van der Waals surface area contributed by atoms with Gasteiger partial charge >= 0.3 is 5.97 Å². The highest BCUT2D eigenvalue weighted by molar-refractivity contribution is 5.89. The molecule has 120 valence electrons. The van der Waals surface area contributed by atoms with Gasteiger partial charge in [0.2, 0.25) is 0 Å². The molecule has 0 saturated carbocycles. The average molecular weight is 310 g/mol. The molecule has 0 aliphatic carbocycles. The van der Waals surface area contributed by atoms with Crippen LogP contribution in [0, 0.1) is 0 Å². The zero-order chi connectivity index (χ0) is 16.1. The summed E-state index contributed by atoms with van der Waals surface area (Å²) in [5, 5.41) is 12.8. The maximum Gasteiger partial charge on any atom is 0.336 e. The van der Waals surface area contributed by atoms with E-state index < -0.39 is 5.97 Å². The number of carbonyl (C=O) groups is 1. The van der Waals surface area contributed by atoms with Crippen molar-refractivity contribution < 1.29 is 9.90 Å². The summed E-state index contributed by atoms with van der Waals surface area (Å²) >= 11 is 0. The van der Waals surface area contributed by atoms with E-state index in [-0.39, 0.29) is 0 Å². The van der Waals surface area contributed by atoms with Crippen molar-refractivity contribution in [1.82, 2.24) is 10.2 Å². The first-order chi connectivity index (χ1) is 11.2. The molecule has 1 fully saturated rings. The quantitative estimate of drug-likeness (QED) is 0.890. The fraction of sp³-hybridized carbons (Fsp3) is 0.316.